The molecule has 15 nitrogen and oxygen atoms in total. The number of unbranched alkanes of at least 4 members (excludes halogenated alkanes) is 1. The van der Waals surface area contributed by atoms with Crippen LogP contribution in [0, 0.1) is 17.8 Å². The molecule has 3 aliphatic carbocycles. The van der Waals surface area contributed by atoms with Gasteiger partial charge in [0.1, 0.15) is 5.88 Å². The Hall–Kier alpha value is -4.71. The fourth-order valence-electron chi connectivity index (χ4n) is 12.4. The van der Waals surface area contributed by atoms with E-state index in [0.717, 1.165) is 84.7 Å². The fourth-order valence-corrected chi connectivity index (χ4v) is 13.7. The van der Waals surface area contributed by atoms with Gasteiger partial charge in [-0.2, -0.15) is 0 Å². The van der Waals surface area contributed by atoms with Crippen molar-refractivity contribution in [1.29, 1.82) is 0 Å². The molecule has 3 N–H and O–H groups in total. The number of ketones is 1. The van der Waals surface area contributed by atoms with Gasteiger partial charge in [-0.25, -0.2) is 0 Å². The summed E-state index contributed by atoms with van der Waals surface area (Å²) in [6, 6.07) is 19.8. The number of ether oxygens (including phenoxy) is 3. The van der Waals surface area contributed by atoms with Crippen molar-refractivity contribution in [3.05, 3.63) is 80.2 Å². The van der Waals surface area contributed by atoms with Gasteiger partial charge in [0, 0.05) is 65.3 Å². The van der Waals surface area contributed by atoms with Gasteiger partial charge in [-0.3, -0.25) is 28.8 Å². The molecule has 0 radical (unpaired) electrons. The maximum Gasteiger partial charge on any atom is 0.308 e. The maximum atomic E-state index is 12.3. The average Bonchev–Trinajstić information content (AvgIpc) is 4.22. The number of nitrogens with zero attached hydrogens (tertiary/aromatic N) is 3. The Morgan fingerprint density at radius 1 is 0.679 bits per heavy atom. The number of Topliss-reactive ketones (excluding diaryl/α,β-unsaturated/α-hetero) is 1. The zero-order valence-corrected chi connectivity index (χ0v) is 50.9. The number of fused-ring (bicyclic) bond motifs is 9. The van der Waals surface area contributed by atoms with Crippen LogP contribution in [0.25, 0.3) is 0 Å². The van der Waals surface area contributed by atoms with Crippen LogP contribution < -0.4 is 30.7 Å². The van der Waals surface area contributed by atoms with Crippen LogP contribution >= 0.6 is 43.5 Å². The van der Waals surface area contributed by atoms with Crippen LogP contribution in [0.4, 0.5) is 22.7 Å². The summed E-state index contributed by atoms with van der Waals surface area (Å²) in [5, 5.41) is 9.01. The first-order valence-electron chi connectivity index (χ1n) is 28.3. The Balaban J connectivity index is 0.000000172. The van der Waals surface area contributed by atoms with E-state index in [4.69, 9.17) is 25.8 Å². The van der Waals surface area contributed by atoms with Crippen LogP contribution in [0.15, 0.2) is 63.5 Å². The van der Waals surface area contributed by atoms with E-state index in [1.165, 1.54) is 40.9 Å². The second-order valence-corrected chi connectivity index (χ2v) is 22.9. The summed E-state index contributed by atoms with van der Waals surface area (Å²) < 4.78 is 17.8. The number of hydrogen-bond acceptors (Lipinski definition) is 13. The molecule has 4 heterocycles. The van der Waals surface area contributed by atoms with E-state index in [0.29, 0.717) is 75.2 Å². The smallest absolute Gasteiger partial charge is 0.308 e. The minimum Gasteiger partial charge on any atom is -0.466 e. The molecule has 18 heteroatoms. The summed E-state index contributed by atoms with van der Waals surface area (Å²) in [6.07, 6.45) is 11.2. The first-order chi connectivity index (χ1) is 37.6. The summed E-state index contributed by atoms with van der Waals surface area (Å²) in [4.78, 5) is 76.8. The SMILES string of the molecule is CCCCNC.CCOC(=O)C1CC[C@@H]2Nc3c(Br)cccc3[C@@H]2C1.CCOC(=O)C1CC[C@H]2[C@@H](C1)c1cccc(Br)c1N2CC(=O)CC.CCOC(=O)C1CC[C@H]2[C@@H](C1)c1cccc3c1N2CC(=O)N3C.CNC(=O)CCl. The summed E-state index contributed by atoms with van der Waals surface area (Å²) in [6.45, 7) is 13.1. The number of rotatable bonds is 13. The second kappa shape index (κ2) is 30.2. The molecule has 4 aliphatic heterocycles. The van der Waals surface area contributed by atoms with Gasteiger partial charge >= 0.3 is 17.9 Å². The van der Waals surface area contributed by atoms with E-state index in [9.17, 15) is 28.8 Å². The number of nitrogens with one attached hydrogen (secondary N) is 3. The molecular weight excluding hydrogens is 1140 g/mol. The lowest BCUT2D eigenvalue weighted by molar-refractivity contribution is -0.150. The average molecular weight is 1230 g/mol. The number of alkyl halides is 1. The standard InChI is InChI=1S/C19H24BrNO3.C18H22N2O3.C15H18BrNO2.C5H13N.C3H6ClNO/c1-3-13(22)11-21-17-9-8-12(19(23)24-4-2)10-15(17)14-6-5-7-16(20)18(14)21;1-3-23-18(22)11-7-8-14-13(9-11)12-5-4-6-15-17(12)20(14)10-16(21)19(15)2;1-2-19-15(18)9-6-7-13-11(8-9)10-4-3-5-12(16)14(10)17-13;1-3-4-5-6-2;1-5-3(6)2-4/h5-7,12,15,17H,3-4,8-11H2,1-2H3;4-6,11,13-14H,3,7-10H2,1-2H3;3-5,9,11,13,17H,2,6-8H2,1H3;6H,3-5H2,1-2H3;2H2,1H3,(H,5,6)/t12?,15-,17-;11?,13-,14-;9?,11-,13-;;/m000../s1. The largest absolute Gasteiger partial charge is 0.466 e. The van der Waals surface area contributed by atoms with Crippen molar-refractivity contribution in [1.82, 2.24) is 10.6 Å². The highest BCUT2D eigenvalue weighted by molar-refractivity contribution is 9.11. The fraction of sp³-hybridized carbons (Fsp3) is 0.600. The third-order valence-electron chi connectivity index (χ3n) is 16.3. The van der Waals surface area contributed by atoms with Crippen LogP contribution in [0.3, 0.4) is 0 Å². The van der Waals surface area contributed by atoms with Gasteiger partial charge in [0.05, 0.1) is 73.4 Å². The number of amides is 2. The van der Waals surface area contributed by atoms with Gasteiger partial charge in [0.2, 0.25) is 11.8 Å². The van der Waals surface area contributed by atoms with E-state index in [1.807, 2.05) is 66.1 Å². The van der Waals surface area contributed by atoms with Crippen molar-refractivity contribution in [3.8, 4) is 0 Å². The molecule has 3 aromatic carbocycles. The summed E-state index contributed by atoms with van der Waals surface area (Å²) in [7, 11) is 5.37. The molecule has 3 saturated carbocycles. The van der Waals surface area contributed by atoms with Crippen molar-refractivity contribution < 1.29 is 43.0 Å². The molecule has 78 heavy (non-hydrogen) atoms. The number of carbonyl (C=O) groups excluding carboxylic acids is 6. The van der Waals surface area contributed by atoms with Gasteiger partial charge in [-0.1, -0.05) is 56.7 Å². The van der Waals surface area contributed by atoms with Crippen LogP contribution in [0.1, 0.15) is 146 Å². The molecule has 3 fully saturated rings. The van der Waals surface area contributed by atoms with Crippen LogP contribution in [0.5, 0.6) is 0 Å². The van der Waals surface area contributed by atoms with Gasteiger partial charge < -0.3 is 44.9 Å². The van der Waals surface area contributed by atoms with E-state index in [-0.39, 0.29) is 59.1 Å². The molecule has 0 spiro atoms. The highest BCUT2D eigenvalue weighted by Gasteiger charge is 2.49. The summed E-state index contributed by atoms with van der Waals surface area (Å²) in [5.74, 6) is 1.23. The van der Waals surface area contributed by atoms with E-state index in [2.05, 4.69) is 94.9 Å². The number of likely N-dealkylation sites (N-methyl/N-ethyl adjacent to an activating group) is 1. The lowest BCUT2D eigenvalue weighted by Crippen LogP contribution is -2.48. The predicted octanol–water partition coefficient (Wildman–Crippen LogP) is 11.0. The molecule has 0 saturated heterocycles. The minimum absolute atomic E-state index is 0.0122. The molecule has 9 atom stereocenters. The Morgan fingerprint density at radius 3 is 1.73 bits per heavy atom. The zero-order valence-electron chi connectivity index (χ0n) is 47.0. The topological polar surface area (TPSA) is 176 Å². The number of halogens is 3. The highest BCUT2D eigenvalue weighted by Crippen LogP contribution is 2.55. The van der Waals surface area contributed by atoms with E-state index < -0.39 is 0 Å². The van der Waals surface area contributed by atoms with Gasteiger partial charge in [-0.15, -0.1) is 11.6 Å². The molecule has 0 bridgehead atoms. The summed E-state index contributed by atoms with van der Waals surface area (Å²) in [5.41, 5.74) is 8.44. The number of para-hydroxylation sites is 3. The molecule has 3 unspecified atom stereocenters. The monoisotopic (exact) mass is 1220 g/mol. The predicted molar refractivity (Wildman–Crippen MR) is 317 cm³/mol. The van der Waals surface area contributed by atoms with Crippen LogP contribution in [-0.4, -0.2) is 120 Å². The molecule has 0 aromatic heterocycles. The molecule has 2 amide bonds. The molecule has 3 aromatic rings. The van der Waals surface area contributed by atoms with Crippen LogP contribution in [0.2, 0.25) is 0 Å². The molecule has 7 aliphatic rings. The normalized spacial score (nSPS) is 24.3. The number of carbonyl (C=O) groups is 6. The number of benzene rings is 3. The molecule has 10 rings (SSSR count). The Bertz CT molecular complexity index is 2540. The second-order valence-electron chi connectivity index (χ2n) is 21.0. The van der Waals surface area contributed by atoms with Gasteiger partial charge in [-0.05, 0) is 165 Å². The number of hydrogen-bond donors (Lipinski definition) is 3. The Kier molecular flexibility index (Phi) is 24.2. The Morgan fingerprint density at radius 2 is 1.21 bits per heavy atom. The van der Waals surface area contributed by atoms with Crippen molar-refractivity contribution >= 4 is 102 Å². The maximum absolute atomic E-state index is 12.3. The third kappa shape index (κ3) is 14.8. The highest BCUT2D eigenvalue weighted by atomic mass is 79.9. The Labute approximate surface area is 484 Å². The quantitative estimate of drug-likeness (QED) is 0.0639. The first-order valence-corrected chi connectivity index (χ1v) is 30.4. The van der Waals surface area contributed by atoms with E-state index in [1.54, 1.807) is 11.9 Å². The number of anilines is 4. The lowest BCUT2D eigenvalue weighted by Gasteiger charge is -2.39. The lowest BCUT2D eigenvalue weighted by atomic mass is 9.76. The zero-order chi connectivity index (χ0) is 56.6. The number of esters is 3. The first kappa shape index (κ1) is 62.5. The van der Waals surface area contributed by atoms with Crippen molar-refractivity contribution in [3.63, 3.8) is 0 Å². The van der Waals surface area contributed by atoms with Crippen LogP contribution in [-0.2, 0) is 43.0 Å². The minimum atomic E-state index is -0.142. The van der Waals surface area contributed by atoms with Gasteiger partial charge in [0.15, 0.2) is 5.78 Å². The van der Waals surface area contributed by atoms with E-state index >= 15 is 0 Å². The van der Waals surface area contributed by atoms with Crippen molar-refractivity contribution in [2.45, 2.75) is 148 Å². The van der Waals surface area contributed by atoms with Crippen molar-refractivity contribution in [2.75, 3.05) is 86.5 Å². The van der Waals surface area contributed by atoms with Crippen molar-refractivity contribution in [2.24, 2.45) is 17.8 Å². The third-order valence-corrected chi connectivity index (χ3v) is 17.9. The molecular formula is C60H83Br2ClN6O9. The van der Waals surface area contributed by atoms with Gasteiger partial charge in [0.25, 0.3) is 0 Å². The summed E-state index contributed by atoms with van der Waals surface area (Å²) >= 11 is 12.3. The molecule has 428 valence electrons.